The van der Waals surface area contributed by atoms with Gasteiger partial charge in [-0.3, -0.25) is 0 Å². The number of hydrogen-bond donors (Lipinski definition) is 0. The van der Waals surface area contributed by atoms with Crippen molar-refractivity contribution in [3.63, 3.8) is 0 Å². The van der Waals surface area contributed by atoms with Crippen molar-refractivity contribution in [2.45, 2.75) is 84.3 Å². The minimum Gasteiger partial charge on any atom is -0.383 e. The van der Waals surface area contributed by atoms with Crippen LogP contribution in [0.25, 0.3) is 0 Å². The highest BCUT2D eigenvalue weighted by molar-refractivity contribution is 7.81. The maximum Gasteiger partial charge on any atom is 0.447 e. The highest BCUT2D eigenvalue weighted by atomic mass is 36.0. The van der Waals surface area contributed by atoms with Crippen LogP contribution in [0.2, 0.25) is 12.1 Å². The Kier molecular flexibility index (Phi) is 19.2. The lowest BCUT2D eigenvalue weighted by Gasteiger charge is -2.41. The first-order valence-electron chi connectivity index (χ1n) is 11.6. The molecule has 2 aliphatic heterocycles. The Morgan fingerprint density at radius 2 is 1.03 bits per heavy atom. The molecular weight excluding hydrogens is 661 g/mol. The van der Waals surface area contributed by atoms with E-state index in [1.165, 1.54) is 0 Å². The summed E-state index contributed by atoms with van der Waals surface area (Å²) >= 11 is 38.3. The third kappa shape index (κ3) is 17.0. The molecule has 17 heteroatoms. The second-order valence-electron chi connectivity index (χ2n) is 7.17. The Labute approximate surface area is 245 Å². The van der Waals surface area contributed by atoms with E-state index in [0.29, 0.717) is 45.9 Å². The zero-order valence-electron chi connectivity index (χ0n) is 20.8. The molecule has 1 atom stereocenters. The van der Waals surface area contributed by atoms with Gasteiger partial charge in [-0.25, -0.2) is 0 Å². The van der Waals surface area contributed by atoms with Crippen molar-refractivity contribution in [1.29, 1.82) is 0 Å². The van der Waals surface area contributed by atoms with Gasteiger partial charge in [0.2, 0.25) is 0 Å². The van der Waals surface area contributed by atoms with E-state index in [1.54, 1.807) is 0 Å². The van der Waals surface area contributed by atoms with Gasteiger partial charge >= 0.3 is 20.1 Å². The van der Waals surface area contributed by atoms with Crippen molar-refractivity contribution in [3.8, 4) is 0 Å². The van der Waals surface area contributed by atoms with E-state index >= 15 is 0 Å². The van der Waals surface area contributed by atoms with Crippen LogP contribution in [0.5, 0.6) is 0 Å². The summed E-state index contributed by atoms with van der Waals surface area (Å²) in [5, 5.41) is -2.72. The lowest BCUT2D eigenvalue weighted by atomic mass is 10.3. The van der Waals surface area contributed by atoms with Crippen LogP contribution in [-0.2, 0) is 32.2 Å². The number of ether oxygens (including phenoxy) is 4. The molecule has 1 unspecified atom stereocenters. The van der Waals surface area contributed by atoms with Crippen molar-refractivity contribution < 1.29 is 32.2 Å². The van der Waals surface area contributed by atoms with Gasteiger partial charge in [0.25, 0.3) is 11.9 Å². The van der Waals surface area contributed by atoms with Crippen molar-refractivity contribution >= 4 is 97.7 Å². The Morgan fingerprint density at radius 3 is 1.37 bits per heavy atom. The van der Waals surface area contributed by atoms with Gasteiger partial charge in [-0.05, 0) is 53.5 Å². The standard InChI is InChI=1S/C10H21ClO4Si.C8H16Cl2O3Si.Cl4Si/c1-4-12-10(13-5-2)8-7-9-16(11,15-10)14-6-3;1-3-11-8(12-4-2)6-5-7-14(9,10)13-8;1-5(2,3)4/h4-9H2,1-3H3;3-7H2,1-2H3;. The zero-order valence-corrected chi connectivity index (χ0v) is 29.1. The minimum absolute atomic E-state index is 0.526. The lowest BCUT2D eigenvalue weighted by molar-refractivity contribution is -0.356. The summed E-state index contributed by atoms with van der Waals surface area (Å²) in [6, 6.07) is 1.52. The maximum atomic E-state index is 6.37. The van der Waals surface area contributed by atoms with Gasteiger partial charge in [0.15, 0.2) is 0 Å². The zero-order chi connectivity index (χ0) is 27.2. The Balaban J connectivity index is 0.000000558. The molecule has 2 aliphatic rings. The van der Waals surface area contributed by atoms with Gasteiger partial charge in [-0.1, -0.05) is 11.1 Å². The van der Waals surface area contributed by atoms with Gasteiger partial charge in [-0.15, -0.1) is 66.5 Å². The molecule has 0 amide bonds. The van der Waals surface area contributed by atoms with Crippen molar-refractivity contribution in [3.05, 3.63) is 0 Å². The SMILES string of the molecule is CCOC1(OCC)CCC[Si](Cl)(Cl)O1.CCOC1(OCC)CCC[Si](Cl)(OCC)O1.Cl[Si](Cl)(Cl)Cl. The smallest absolute Gasteiger partial charge is 0.383 e. The molecule has 35 heavy (non-hydrogen) atoms. The summed E-state index contributed by atoms with van der Waals surface area (Å²) < 4.78 is 39.0. The van der Waals surface area contributed by atoms with Crippen LogP contribution in [0.4, 0.5) is 0 Å². The molecule has 0 saturated carbocycles. The summed E-state index contributed by atoms with van der Waals surface area (Å²) in [6.45, 7) is 9.60. The van der Waals surface area contributed by atoms with Crippen LogP contribution < -0.4 is 0 Å². The number of rotatable bonds is 10. The quantitative estimate of drug-likeness (QED) is 0.130. The normalized spacial score (nSPS) is 25.0. The fourth-order valence-electron chi connectivity index (χ4n) is 3.38. The monoisotopic (exact) mass is 694 g/mol. The van der Waals surface area contributed by atoms with Gasteiger partial charge in [0.1, 0.15) is 0 Å². The molecule has 212 valence electrons. The molecule has 2 rings (SSSR count). The molecule has 0 N–H and O–H groups in total. The highest BCUT2D eigenvalue weighted by Crippen LogP contribution is 2.40. The second kappa shape index (κ2) is 18.0. The lowest BCUT2D eigenvalue weighted by Crippen LogP contribution is -2.53. The van der Waals surface area contributed by atoms with E-state index in [0.717, 1.165) is 24.9 Å². The van der Waals surface area contributed by atoms with Gasteiger partial charge < -0.3 is 32.2 Å². The molecule has 0 aromatic carbocycles. The molecule has 2 heterocycles. The molecule has 7 nitrogen and oxygen atoms in total. The summed E-state index contributed by atoms with van der Waals surface area (Å²) in [6.07, 6.45) is 3.21. The van der Waals surface area contributed by atoms with Crippen LogP contribution in [-0.4, -0.2) is 65.1 Å². The molecule has 0 spiro atoms. The molecule has 0 aromatic rings. The molecule has 2 fully saturated rings. The fraction of sp³-hybridized carbons (Fsp3) is 1.00. The molecule has 0 aromatic heterocycles. The summed E-state index contributed by atoms with van der Waals surface area (Å²) in [7, 11) is -2.62. The summed E-state index contributed by atoms with van der Waals surface area (Å²) in [5.74, 6) is -1.97. The predicted molar refractivity (Wildman–Crippen MR) is 152 cm³/mol. The molecule has 0 bridgehead atoms. The van der Waals surface area contributed by atoms with Crippen LogP contribution >= 0.6 is 77.6 Å². The van der Waals surface area contributed by atoms with Crippen molar-refractivity contribution in [1.82, 2.24) is 0 Å². The first-order chi connectivity index (χ1) is 16.1. The molecule has 2 saturated heterocycles. The van der Waals surface area contributed by atoms with E-state index < -0.39 is 32.1 Å². The second-order valence-corrected chi connectivity index (χ2v) is 28.6. The number of halogens is 7. The van der Waals surface area contributed by atoms with E-state index in [2.05, 4.69) is 0 Å². The van der Waals surface area contributed by atoms with E-state index in [4.69, 9.17) is 110 Å². The van der Waals surface area contributed by atoms with Gasteiger partial charge in [0, 0.05) is 51.9 Å². The molecular formula is C18H37Cl7O7Si3. The van der Waals surface area contributed by atoms with Crippen LogP contribution in [0.1, 0.15) is 60.3 Å². The summed E-state index contributed by atoms with van der Waals surface area (Å²) in [4.78, 5) is 0. The van der Waals surface area contributed by atoms with E-state index in [1.807, 2.05) is 34.6 Å². The Morgan fingerprint density at radius 1 is 0.657 bits per heavy atom. The average molecular weight is 698 g/mol. The summed E-state index contributed by atoms with van der Waals surface area (Å²) in [5.41, 5.74) is 0. The van der Waals surface area contributed by atoms with E-state index in [-0.39, 0.29) is 0 Å². The third-order valence-electron chi connectivity index (χ3n) is 4.34. The minimum atomic E-state index is -2.72. The van der Waals surface area contributed by atoms with E-state index in [9.17, 15) is 0 Å². The van der Waals surface area contributed by atoms with Crippen molar-refractivity contribution in [2.24, 2.45) is 0 Å². The Hall–Kier alpha value is 2.40. The first kappa shape index (κ1) is 37.4. The van der Waals surface area contributed by atoms with Crippen LogP contribution in [0.3, 0.4) is 0 Å². The number of hydrogen-bond acceptors (Lipinski definition) is 7. The third-order valence-corrected chi connectivity index (χ3v) is 10.9. The Bertz CT molecular complexity index is 546. The van der Waals surface area contributed by atoms with Crippen LogP contribution in [0, 0.1) is 0 Å². The predicted octanol–water partition coefficient (Wildman–Crippen LogP) is 8.06. The molecule has 0 aliphatic carbocycles. The maximum absolute atomic E-state index is 6.37. The largest absolute Gasteiger partial charge is 0.447 e. The highest BCUT2D eigenvalue weighted by Gasteiger charge is 2.51. The topological polar surface area (TPSA) is 64.6 Å². The first-order valence-corrected chi connectivity index (χ1v) is 24.8. The molecule has 0 radical (unpaired) electrons. The average Bonchev–Trinajstić information content (AvgIpc) is 2.67. The van der Waals surface area contributed by atoms with Gasteiger partial charge in [-0.2, -0.15) is 0 Å². The fourth-order valence-corrected chi connectivity index (χ4v) is 9.35. The van der Waals surface area contributed by atoms with Crippen LogP contribution in [0.15, 0.2) is 0 Å². The van der Waals surface area contributed by atoms with Gasteiger partial charge in [0.05, 0.1) is 0 Å². The van der Waals surface area contributed by atoms with Crippen molar-refractivity contribution in [2.75, 3.05) is 33.0 Å².